The number of halogens is 1. The fourth-order valence-corrected chi connectivity index (χ4v) is 2.01. The Balaban J connectivity index is 2.00. The molecule has 2 rings (SSSR count). The summed E-state index contributed by atoms with van der Waals surface area (Å²) in [5.41, 5.74) is 0. The predicted molar refractivity (Wildman–Crippen MR) is 62.5 cm³/mol. The van der Waals surface area contributed by atoms with E-state index in [4.69, 9.17) is 0 Å². The highest BCUT2D eigenvalue weighted by Gasteiger charge is 2.29. The van der Waals surface area contributed by atoms with Crippen molar-refractivity contribution in [3.63, 3.8) is 0 Å². The summed E-state index contributed by atoms with van der Waals surface area (Å²) in [6, 6.07) is 4.04. The molecule has 0 aromatic carbocycles. The quantitative estimate of drug-likeness (QED) is 0.807. The molecule has 0 radical (unpaired) electrons. The molecule has 1 aliphatic heterocycles. The van der Waals surface area contributed by atoms with Crippen molar-refractivity contribution in [3.05, 3.63) is 22.8 Å². The molecule has 14 heavy (non-hydrogen) atoms. The molecule has 0 aliphatic carbocycles. The van der Waals surface area contributed by atoms with Crippen molar-refractivity contribution < 1.29 is 0 Å². The van der Waals surface area contributed by atoms with Gasteiger partial charge >= 0.3 is 0 Å². The summed E-state index contributed by atoms with van der Waals surface area (Å²) in [5.74, 6) is 2.73. The van der Waals surface area contributed by atoms with Gasteiger partial charge in [-0.2, -0.15) is 0 Å². The van der Waals surface area contributed by atoms with Crippen molar-refractivity contribution in [1.29, 1.82) is 0 Å². The van der Waals surface area contributed by atoms with Gasteiger partial charge in [-0.1, -0.05) is 29.8 Å². The zero-order chi connectivity index (χ0) is 10.1. The van der Waals surface area contributed by atoms with Gasteiger partial charge in [0.2, 0.25) is 0 Å². The van der Waals surface area contributed by atoms with Gasteiger partial charge in [0, 0.05) is 23.8 Å². The maximum absolute atomic E-state index is 4.35. The fraction of sp³-hybridized carbons (Fsp3) is 0.545. The summed E-state index contributed by atoms with van der Waals surface area (Å²) in [6.45, 7) is 6.88. The first-order valence-electron chi connectivity index (χ1n) is 5.03. The maximum atomic E-state index is 4.35. The summed E-state index contributed by atoms with van der Waals surface area (Å²) in [6.07, 6.45) is 1.85. The van der Waals surface area contributed by atoms with Crippen LogP contribution in [0.3, 0.4) is 0 Å². The lowest BCUT2D eigenvalue weighted by Crippen LogP contribution is -2.49. The molecule has 1 aliphatic rings. The molecule has 0 bridgehead atoms. The molecular weight excluding hydrogens is 240 g/mol. The van der Waals surface area contributed by atoms with Crippen LogP contribution in [-0.4, -0.2) is 18.1 Å². The Kier molecular flexibility index (Phi) is 2.77. The molecule has 1 aromatic rings. The van der Waals surface area contributed by atoms with Crippen LogP contribution in [0.25, 0.3) is 0 Å². The van der Waals surface area contributed by atoms with E-state index in [0.29, 0.717) is 0 Å². The monoisotopic (exact) mass is 254 g/mol. The summed E-state index contributed by atoms with van der Waals surface area (Å²) < 4.78 is 1.11. The molecule has 0 saturated carbocycles. The number of nitrogens with zero attached hydrogens (tertiary/aromatic N) is 2. The number of rotatable bonds is 2. The van der Waals surface area contributed by atoms with Gasteiger partial charge < -0.3 is 4.90 Å². The second kappa shape index (κ2) is 3.89. The number of hydrogen-bond acceptors (Lipinski definition) is 2. The highest BCUT2D eigenvalue weighted by molar-refractivity contribution is 9.10. The summed E-state index contributed by atoms with van der Waals surface area (Å²) in [7, 11) is 0. The molecule has 2 nitrogen and oxygen atoms in total. The first-order valence-corrected chi connectivity index (χ1v) is 5.82. The molecule has 76 valence electrons. The van der Waals surface area contributed by atoms with E-state index in [9.17, 15) is 0 Å². The molecule has 2 heterocycles. The average molecular weight is 255 g/mol. The van der Waals surface area contributed by atoms with Crippen LogP contribution in [0.15, 0.2) is 22.8 Å². The Morgan fingerprint density at radius 1 is 1.50 bits per heavy atom. The van der Waals surface area contributed by atoms with Crippen LogP contribution in [0.2, 0.25) is 0 Å². The number of hydrogen-bond donors (Lipinski definition) is 0. The van der Waals surface area contributed by atoms with Crippen molar-refractivity contribution in [2.45, 2.75) is 13.8 Å². The van der Waals surface area contributed by atoms with Gasteiger partial charge in [-0.15, -0.1) is 0 Å². The standard InChI is InChI=1S/C11H15BrN2/c1-8(2)9-6-14(7-9)11-5-10(12)3-4-13-11/h3-5,8-9H,6-7H2,1-2H3. The van der Waals surface area contributed by atoms with Crippen molar-refractivity contribution in [1.82, 2.24) is 4.98 Å². The number of anilines is 1. The third kappa shape index (κ3) is 1.92. The second-order valence-electron chi connectivity index (χ2n) is 4.24. The van der Waals surface area contributed by atoms with E-state index in [1.165, 1.54) is 0 Å². The third-order valence-corrected chi connectivity index (χ3v) is 3.38. The minimum atomic E-state index is 0.790. The van der Waals surface area contributed by atoms with Gasteiger partial charge in [0.15, 0.2) is 0 Å². The van der Waals surface area contributed by atoms with E-state index in [1.807, 2.05) is 12.3 Å². The molecule has 0 unspecified atom stereocenters. The van der Waals surface area contributed by atoms with Gasteiger partial charge in [-0.3, -0.25) is 0 Å². The van der Waals surface area contributed by atoms with E-state index < -0.39 is 0 Å². The fourth-order valence-electron chi connectivity index (χ4n) is 1.69. The molecule has 0 N–H and O–H groups in total. The molecule has 3 heteroatoms. The van der Waals surface area contributed by atoms with Gasteiger partial charge in [0.1, 0.15) is 5.82 Å². The average Bonchev–Trinajstić information content (AvgIpc) is 2.00. The van der Waals surface area contributed by atoms with Crippen LogP contribution >= 0.6 is 15.9 Å². The molecule has 0 amide bonds. The summed E-state index contributed by atoms with van der Waals surface area (Å²) >= 11 is 3.46. The molecule has 1 aromatic heterocycles. The van der Waals surface area contributed by atoms with Crippen LogP contribution in [-0.2, 0) is 0 Å². The lowest BCUT2D eigenvalue weighted by Gasteiger charge is -2.42. The Hall–Kier alpha value is -0.570. The van der Waals surface area contributed by atoms with Crippen molar-refractivity contribution >= 4 is 21.7 Å². The largest absolute Gasteiger partial charge is 0.356 e. The highest BCUT2D eigenvalue weighted by Crippen LogP contribution is 2.28. The Morgan fingerprint density at radius 2 is 2.21 bits per heavy atom. The molecule has 0 spiro atoms. The van der Waals surface area contributed by atoms with Crippen molar-refractivity contribution in [2.24, 2.45) is 11.8 Å². The third-order valence-electron chi connectivity index (χ3n) is 2.88. The van der Waals surface area contributed by atoms with Gasteiger partial charge in [-0.25, -0.2) is 4.98 Å². The normalized spacial score (nSPS) is 17.3. The Labute approximate surface area is 93.5 Å². The van der Waals surface area contributed by atoms with Crippen LogP contribution in [0, 0.1) is 11.8 Å². The SMILES string of the molecule is CC(C)C1CN(c2cc(Br)ccn2)C1. The van der Waals surface area contributed by atoms with Crippen LogP contribution in [0.5, 0.6) is 0 Å². The second-order valence-corrected chi connectivity index (χ2v) is 5.16. The van der Waals surface area contributed by atoms with Gasteiger partial charge in [0.25, 0.3) is 0 Å². The Bertz CT molecular complexity index is 319. The minimum Gasteiger partial charge on any atom is -0.356 e. The van der Waals surface area contributed by atoms with E-state index in [0.717, 1.165) is 35.2 Å². The van der Waals surface area contributed by atoms with E-state index in [1.54, 1.807) is 0 Å². The van der Waals surface area contributed by atoms with Gasteiger partial charge in [-0.05, 0) is 24.0 Å². The molecule has 1 saturated heterocycles. The molecule has 1 fully saturated rings. The summed E-state index contributed by atoms with van der Waals surface area (Å²) in [4.78, 5) is 6.68. The van der Waals surface area contributed by atoms with Gasteiger partial charge in [0.05, 0.1) is 0 Å². The number of pyridine rings is 1. The predicted octanol–water partition coefficient (Wildman–Crippen LogP) is 2.94. The lowest BCUT2D eigenvalue weighted by atomic mass is 9.88. The summed E-state index contributed by atoms with van der Waals surface area (Å²) in [5, 5.41) is 0. The van der Waals surface area contributed by atoms with Crippen LogP contribution < -0.4 is 4.90 Å². The van der Waals surface area contributed by atoms with Crippen molar-refractivity contribution in [3.8, 4) is 0 Å². The molecule has 0 atom stereocenters. The van der Waals surface area contributed by atoms with Crippen molar-refractivity contribution in [2.75, 3.05) is 18.0 Å². The van der Waals surface area contributed by atoms with Crippen LogP contribution in [0.4, 0.5) is 5.82 Å². The Morgan fingerprint density at radius 3 is 2.79 bits per heavy atom. The minimum absolute atomic E-state index is 0.790. The van der Waals surface area contributed by atoms with E-state index in [2.05, 4.69) is 45.7 Å². The van der Waals surface area contributed by atoms with Crippen LogP contribution in [0.1, 0.15) is 13.8 Å². The van der Waals surface area contributed by atoms with E-state index in [-0.39, 0.29) is 0 Å². The first kappa shape index (κ1) is 9.97. The zero-order valence-electron chi connectivity index (χ0n) is 8.57. The first-order chi connectivity index (χ1) is 6.66. The number of aromatic nitrogens is 1. The highest BCUT2D eigenvalue weighted by atomic mass is 79.9. The molecular formula is C11H15BrN2. The smallest absolute Gasteiger partial charge is 0.129 e. The lowest BCUT2D eigenvalue weighted by molar-refractivity contribution is 0.308. The van der Waals surface area contributed by atoms with E-state index >= 15 is 0 Å². The topological polar surface area (TPSA) is 16.1 Å². The zero-order valence-corrected chi connectivity index (χ0v) is 10.2. The maximum Gasteiger partial charge on any atom is 0.129 e.